The molecule has 8 nitrogen and oxygen atoms in total. The summed E-state index contributed by atoms with van der Waals surface area (Å²) in [4.78, 5) is 25.6. The van der Waals surface area contributed by atoms with Crippen molar-refractivity contribution in [1.82, 2.24) is 20.0 Å². The first-order valence-corrected chi connectivity index (χ1v) is 8.37. The Balaban J connectivity index is 1.62. The van der Waals surface area contributed by atoms with Crippen molar-refractivity contribution in [3.05, 3.63) is 18.0 Å². The van der Waals surface area contributed by atoms with Gasteiger partial charge in [0.2, 0.25) is 0 Å². The number of aryl methyl sites for hydroxylation is 1. The molecule has 1 aliphatic carbocycles. The molecule has 2 N–H and O–H groups in total. The number of amides is 2. The Morgan fingerprint density at radius 1 is 1.42 bits per heavy atom. The highest BCUT2D eigenvalue weighted by Crippen LogP contribution is 2.46. The fourth-order valence-electron chi connectivity index (χ4n) is 3.72. The molecule has 1 spiro atoms. The van der Waals surface area contributed by atoms with Gasteiger partial charge in [-0.1, -0.05) is 6.42 Å². The minimum absolute atomic E-state index is 0.192. The molecule has 1 saturated heterocycles. The molecule has 0 bridgehead atoms. The summed E-state index contributed by atoms with van der Waals surface area (Å²) >= 11 is 0. The lowest BCUT2D eigenvalue weighted by Gasteiger charge is -2.42. The largest absolute Gasteiger partial charge is 0.438 e. The zero-order valence-corrected chi connectivity index (χ0v) is 14.1. The molecule has 132 valence electrons. The second kappa shape index (κ2) is 6.08. The van der Waals surface area contributed by atoms with Gasteiger partial charge in [-0.25, -0.2) is 4.79 Å². The molecule has 1 aliphatic heterocycles. The average Bonchev–Trinajstić information content (AvgIpc) is 3.03. The van der Waals surface area contributed by atoms with Gasteiger partial charge < -0.3 is 15.2 Å². The van der Waals surface area contributed by atoms with Crippen LogP contribution in [-0.2, 0) is 11.8 Å². The second-order valence-corrected chi connectivity index (χ2v) is 6.69. The van der Waals surface area contributed by atoms with Crippen LogP contribution >= 0.6 is 0 Å². The number of nitrogens with zero attached hydrogens (tertiary/aromatic N) is 3. The second-order valence-electron chi connectivity index (χ2n) is 6.69. The van der Waals surface area contributed by atoms with Crippen LogP contribution in [0.4, 0.5) is 4.79 Å². The molecule has 2 aliphatic rings. The quantitative estimate of drug-likeness (QED) is 0.855. The number of rotatable bonds is 4. The number of aromatic nitrogens is 2. The third kappa shape index (κ3) is 2.64. The van der Waals surface area contributed by atoms with Gasteiger partial charge in [-0.2, -0.15) is 5.10 Å². The number of carbonyl (C=O) groups excluding carboxylic acids is 2. The number of hydrogen-bond acceptors (Lipinski definition) is 5. The van der Waals surface area contributed by atoms with E-state index in [0.717, 1.165) is 19.3 Å². The number of ether oxygens (including phenoxy) is 1. The number of nitrogens with one attached hydrogen (secondary N) is 1. The van der Waals surface area contributed by atoms with E-state index in [2.05, 4.69) is 10.4 Å². The number of aliphatic hydroxyl groups is 1. The van der Waals surface area contributed by atoms with Crippen molar-refractivity contribution in [3.63, 3.8) is 0 Å². The predicted molar refractivity (Wildman–Crippen MR) is 85.2 cm³/mol. The van der Waals surface area contributed by atoms with Gasteiger partial charge in [0.05, 0.1) is 0 Å². The van der Waals surface area contributed by atoms with E-state index in [4.69, 9.17) is 4.74 Å². The zero-order chi connectivity index (χ0) is 17.4. The summed E-state index contributed by atoms with van der Waals surface area (Å²) in [5, 5.41) is 17.6. The SMILES string of the molecule is Cn1nccc1C(=O)NCCN1C(=O)OC2(CCCCC2)[C@]1(C)O. The maximum atomic E-state index is 12.2. The van der Waals surface area contributed by atoms with Gasteiger partial charge in [0.15, 0.2) is 11.3 Å². The van der Waals surface area contributed by atoms with E-state index >= 15 is 0 Å². The van der Waals surface area contributed by atoms with Crippen LogP contribution in [0.15, 0.2) is 12.3 Å². The molecule has 0 unspecified atom stereocenters. The molecular weight excluding hydrogens is 312 g/mol. The van der Waals surface area contributed by atoms with Crippen LogP contribution in [0.25, 0.3) is 0 Å². The smallest absolute Gasteiger partial charge is 0.412 e. The minimum atomic E-state index is -1.36. The summed E-state index contributed by atoms with van der Waals surface area (Å²) in [6.07, 6.45) is 5.34. The molecule has 3 rings (SSSR count). The molecule has 1 saturated carbocycles. The maximum absolute atomic E-state index is 12.2. The van der Waals surface area contributed by atoms with E-state index in [0.29, 0.717) is 18.5 Å². The fraction of sp³-hybridized carbons (Fsp3) is 0.688. The lowest BCUT2D eigenvalue weighted by Crippen LogP contribution is -2.58. The predicted octanol–water partition coefficient (Wildman–Crippen LogP) is 1.01. The van der Waals surface area contributed by atoms with Crippen LogP contribution in [0, 0.1) is 0 Å². The van der Waals surface area contributed by atoms with Crippen molar-refractivity contribution < 1.29 is 19.4 Å². The Hall–Kier alpha value is -2.09. The van der Waals surface area contributed by atoms with E-state index in [9.17, 15) is 14.7 Å². The van der Waals surface area contributed by atoms with Crippen molar-refractivity contribution >= 4 is 12.0 Å². The normalized spacial score (nSPS) is 25.8. The molecule has 0 aromatic carbocycles. The number of carbonyl (C=O) groups is 2. The standard InChI is InChI=1S/C16H24N4O4/c1-15(23)16(7-4-3-5-8-16)24-14(22)20(15)11-10-17-13(21)12-6-9-18-19(12)2/h6,9,23H,3-5,7-8,10-11H2,1-2H3,(H,17,21)/t15-/m0/s1. The lowest BCUT2D eigenvalue weighted by atomic mass is 9.77. The van der Waals surface area contributed by atoms with E-state index in [1.807, 2.05) is 0 Å². The summed E-state index contributed by atoms with van der Waals surface area (Å²) in [5.41, 5.74) is -1.75. The molecule has 1 atom stereocenters. The lowest BCUT2D eigenvalue weighted by molar-refractivity contribution is -0.158. The maximum Gasteiger partial charge on any atom is 0.412 e. The van der Waals surface area contributed by atoms with Crippen LogP contribution in [0.3, 0.4) is 0 Å². The highest BCUT2D eigenvalue weighted by Gasteiger charge is 2.61. The molecule has 0 radical (unpaired) electrons. The van der Waals surface area contributed by atoms with Gasteiger partial charge in [-0.05, 0) is 38.7 Å². The van der Waals surface area contributed by atoms with Crippen LogP contribution in [-0.4, -0.2) is 56.2 Å². The molecular formula is C16H24N4O4. The minimum Gasteiger partial charge on any atom is -0.438 e. The summed E-state index contributed by atoms with van der Waals surface area (Å²) in [5.74, 6) is -0.269. The Kier molecular flexibility index (Phi) is 4.25. The van der Waals surface area contributed by atoms with Crippen molar-refractivity contribution in [2.45, 2.75) is 50.4 Å². The van der Waals surface area contributed by atoms with Crippen LogP contribution < -0.4 is 5.32 Å². The van der Waals surface area contributed by atoms with E-state index in [1.54, 1.807) is 26.2 Å². The molecule has 2 heterocycles. The molecule has 8 heteroatoms. The molecule has 1 aromatic rings. The summed E-state index contributed by atoms with van der Waals surface area (Å²) in [6.45, 7) is 2.05. The third-order valence-electron chi connectivity index (χ3n) is 5.23. The van der Waals surface area contributed by atoms with Crippen molar-refractivity contribution in [2.75, 3.05) is 13.1 Å². The Bertz CT molecular complexity index is 634. The van der Waals surface area contributed by atoms with Gasteiger partial charge in [-0.3, -0.25) is 14.4 Å². The average molecular weight is 336 g/mol. The summed E-state index contributed by atoms with van der Waals surface area (Å²) in [7, 11) is 1.68. The molecule has 24 heavy (non-hydrogen) atoms. The first kappa shape index (κ1) is 16.8. The Labute approximate surface area is 140 Å². The monoisotopic (exact) mass is 336 g/mol. The number of hydrogen-bond donors (Lipinski definition) is 2. The Morgan fingerprint density at radius 2 is 2.12 bits per heavy atom. The van der Waals surface area contributed by atoms with Crippen LogP contribution in [0.1, 0.15) is 49.5 Å². The highest BCUT2D eigenvalue weighted by molar-refractivity contribution is 5.92. The summed E-state index contributed by atoms with van der Waals surface area (Å²) in [6, 6.07) is 1.62. The highest BCUT2D eigenvalue weighted by atomic mass is 16.6. The zero-order valence-electron chi connectivity index (χ0n) is 14.1. The molecule has 1 aromatic heterocycles. The van der Waals surface area contributed by atoms with Crippen molar-refractivity contribution in [1.29, 1.82) is 0 Å². The fourth-order valence-corrected chi connectivity index (χ4v) is 3.72. The van der Waals surface area contributed by atoms with E-state index in [1.165, 1.54) is 9.58 Å². The van der Waals surface area contributed by atoms with Crippen molar-refractivity contribution in [3.8, 4) is 0 Å². The topological polar surface area (TPSA) is 96.7 Å². The first-order chi connectivity index (χ1) is 11.4. The van der Waals surface area contributed by atoms with Gasteiger partial charge in [0.1, 0.15) is 5.69 Å². The van der Waals surface area contributed by atoms with Crippen LogP contribution in [0.2, 0.25) is 0 Å². The van der Waals surface area contributed by atoms with Gasteiger partial charge in [0.25, 0.3) is 5.91 Å². The van der Waals surface area contributed by atoms with Crippen LogP contribution in [0.5, 0.6) is 0 Å². The third-order valence-corrected chi connectivity index (χ3v) is 5.23. The van der Waals surface area contributed by atoms with Crippen molar-refractivity contribution in [2.24, 2.45) is 7.05 Å². The molecule has 2 fully saturated rings. The van der Waals surface area contributed by atoms with E-state index in [-0.39, 0.29) is 19.0 Å². The summed E-state index contributed by atoms with van der Waals surface area (Å²) < 4.78 is 7.06. The van der Waals surface area contributed by atoms with Gasteiger partial charge in [-0.15, -0.1) is 0 Å². The van der Waals surface area contributed by atoms with Gasteiger partial charge >= 0.3 is 6.09 Å². The van der Waals surface area contributed by atoms with Gasteiger partial charge in [0, 0.05) is 26.3 Å². The first-order valence-electron chi connectivity index (χ1n) is 8.37. The Morgan fingerprint density at radius 3 is 2.75 bits per heavy atom. The molecule has 2 amide bonds. The van der Waals surface area contributed by atoms with E-state index < -0.39 is 17.4 Å².